The number of carbonyl (C=O) groups is 2. The second-order valence-electron chi connectivity index (χ2n) is 4.77. The first kappa shape index (κ1) is 12.4. The average Bonchev–Trinajstić information content (AvgIpc) is 2.82. The molecule has 2 aromatic heterocycles. The molecule has 1 saturated heterocycles. The highest BCUT2D eigenvalue weighted by Gasteiger charge is 2.26. The van der Waals surface area contributed by atoms with E-state index in [2.05, 4.69) is 16.9 Å². The van der Waals surface area contributed by atoms with Gasteiger partial charge in [0.2, 0.25) is 5.91 Å². The van der Waals surface area contributed by atoms with Crippen molar-refractivity contribution < 1.29 is 9.59 Å². The molecular weight excluding hydrogens is 256 g/mol. The van der Waals surface area contributed by atoms with E-state index >= 15 is 0 Å². The summed E-state index contributed by atoms with van der Waals surface area (Å²) in [6.45, 7) is 6.20. The predicted octanol–water partition coefficient (Wildman–Crippen LogP) is 1.81. The minimum absolute atomic E-state index is 0.248. The molecule has 0 aliphatic carbocycles. The van der Waals surface area contributed by atoms with Gasteiger partial charge in [0.05, 0.1) is 6.20 Å². The number of aromatic nitrogens is 2. The molecule has 0 bridgehead atoms. The van der Waals surface area contributed by atoms with Gasteiger partial charge in [-0.2, -0.15) is 0 Å². The molecule has 0 aromatic carbocycles. The fraction of sp³-hybridized carbons (Fsp3) is 0.214. The molecule has 1 fully saturated rings. The number of imide groups is 1. The summed E-state index contributed by atoms with van der Waals surface area (Å²) in [6, 6.07) is 3.41. The number of anilines is 1. The van der Waals surface area contributed by atoms with Gasteiger partial charge in [-0.3, -0.25) is 19.4 Å². The minimum Gasteiger partial charge on any atom is -0.285 e. The lowest BCUT2D eigenvalue weighted by atomic mass is 10.1. The van der Waals surface area contributed by atoms with Crippen LogP contribution in [0.1, 0.15) is 18.9 Å². The van der Waals surface area contributed by atoms with E-state index in [1.807, 2.05) is 29.7 Å². The van der Waals surface area contributed by atoms with Gasteiger partial charge >= 0.3 is 6.03 Å². The highest BCUT2D eigenvalue weighted by atomic mass is 16.2. The van der Waals surface area contributed by atoms with Crippen LogP contribution < -0.4 is 10.2 Å². The molecular formula is C14H14N4O2. The molecule has 0 radical (unpaired) electrons. The number of nitrogens with zero attached hydrogens (tertiary/aromatic N) is 3. The molecule has 6 nitrogen and oxygen atoms in total. The number of rotatable bonds is 2. The summed E-state index contributed by atoms with van der Waals surface area (Å²) in [5.41, 5.74) is 2.60. The summed E-state index contributed by atoms with van der Waals surface area (Å²) < 4.78 is 1.83. The van der Waals surface area contributed by atoms with Gasteiger partial charge in [0.15, 0.2) is 0 Å². The molecule has 3 amide bonds. The molecule has 102 valence electrons. The molecule has 0 spiro atoms. The Hall–Kier alpha value is -2.63. The number of imidazole rings is 1. The van der Waals surface area contributed by atoms with E-state index in [9.17, 15) is 9.59 Å². The first-order chi connectivity index (χ1) is 9.58. The molecule has 6 heteroatoms. The van der Waals surface area contributed by atoms with Gasteiger partial charge in [-0.05, 0) is 24.6 Å². The number of fused-ring (bicyclic) bond motifs is 1. The Kier molecular flexibility index (Phi) is 2.78. The number of urea groups is 1. The summed E-state index contributed by atoms with van der Waals surface area (Å²) in [4.78, 5) is 29.0. The molecule has 20 heavy (non-hydrogen) atoms. The minimum atomic E-state index is -0.413. The topological polar surface area (TPSA) is 66.7 Å². The zero-order chi connectivity index (χ0) is 14.3. The van der Waals surface area contributed by atoms with Crippen molar-refractivity contribution in [1.82, 2.24) is 14.7 Å². The Labute approximate surface area is 115 Å². The normalized spacial score (nSPS) is 15.6. The number of nitrogens with one attached hydrogen (secondary N) is 1. The lowest BCUT2D eigenvalue weighted by molar-refractivity contribution is -0.120. The predicted molar refractivity (Wildman–Crippen MR) is 75.4 cm³/mol. The van der Waals surface area contributed by atoms with Crippen molar-refractivity contribution in [3.8, 4) is 0 Å². The SMILES string of the molecule is C=C(C)c1cccn2c(N3CCC(=O)NC3=O)cnc12. The zero-order valence-corrected chi connectivity index (χ0v) is 11.1. The fourth-order valence-electron chi connectivity index (χ4n) is 2.31. The van der Waals surface area contributed by atoms with Crippen LogP contribution in [0.2, 0.25) is 0 Å². The Balaban J connectivity index is 2.09. The number of hydrogen-bond acceptors (Lipinski definition) is 3. The van der Waals surface area contributed by atoms with E-state index in [-0.39, 0.29) is 5.91 Å². The van der Waals surface area contributed by atoms with Gasteiger partial charge in [0.1, 0.15) is 11.5 Å². The van der Waals surface area contributed by atoms with E-state index in [0.29, 0.717) is 18.8 Å². The van der Waals surface area contributed by atoms with Crippen LogP contribution in [0.4, 0.5) is 10.6 Å². The Morgan fingerprint density at radius 3 is 2.95 bits per heavy atom. The number of allylic oxidation sites excluding steroid dienone is 1. The lowest BCUT2D eigenvalue weighted by Crippen LogP contribution is -2.50. The van der Waals surface area contributed by atoms with E-state index in [0.717, 1.165) is 16.8 Å². The summed E-state index contributed by atoms with van der Waals surface area (Å²) in [5, 5.41) is 2.31. The maximum absolute atomic E-state index is 11.9. The van der Waals surface area contributed by atoms with Crippen LogP contribution in [0.3, 0.4) is 0 Å². The van der Waals surface area contributed by atoms with Crippen molar-refractivity contribution >= 4 is 29.0 Å². The molecule has 1 aliphatic heterocycles. The van der Waals surface area contributed by atoms with E-state index in [1.165, 1.54) is 4.90 Å². The van der Waals surface area contributed by atoms with Crippen molar-refractivity contribution in [3.63, 3.8) is 0 Å². The molecule has 0 saturated carbocycles. The standard InChI is InChI=1S/C14H14N4O2/c1-9(2)10-4-3-6-17-12(8-15-13(10)17)18-7-5-11(19)16-14(18)20/h3-4,6,8H,1,5,7H2,2H3,(H,16,19,20). The molecule has 1 aliphatic rings. The first-order valence-corrected chi connectivity index (χ1v) is 6.31. The van der Waals surface area contributed by atoms with Crippen molar-refractivity contribution in [2.24, 2.45) is 0 Å². The van der Waals surface area contributed by atoms with E-state index in [4.69, 9.17) is 0 Å². The van der Waals surface area contributed by atoms with E-state index < -0.39 is 6.03 Å². The Bertz CT molecular complexity index is 732. The molecule has 3 rings (SSSR count). The Morgan fingerprint density at radius 2 is 2.25 bits per heavy atom. The van der Waals surface area contributed by atoms with Crippen LogP contribution >= 0.6 is 0 Å². The first-order valence-electron chi connectivity index (χ1n) is 6.31. The van der Waals surface area contributed by atoms with Gasteiger partial charge in [-0.25, -0.2) is 9.78 Å². The molecule has 3 heterocycles. The maximum atomic E-state index is 11.9. The van der Waals surface area contributed by atoms with Crippen LogP contribution in [0.5, 0.6) is 0 Å². The van der Waals surface area contributed by atoms with Gasteiger partial charge < -0.3 is 0 Å². The van der Waals surface area contributed by atoms with E-state index in [1.54, 1.807) is 6.20 Å². The summed E-state index contributed by atoms with van der Waals surface area (Å²) in [5.74, 6) is 0.399. The van der Waals surface area contributed by atoms with Crippen molar-refractivity contribution in [2.45, 2.75) is 13.3 Å². The van der Waals surface area contributed by atoms with Gasteiger partial charge in [0.25, 0.3) is 0 Å². The number of pyridine rings is 1. The maximum Gasteiger partial charge on any atom is 0.329 e. The van der Waals surface area contributed by atoms with Crippen LogP contribution in [0.25, 0.3) is 11.2 Å². The third-order valence-corrected chi connectivity index (χ3v) is 3.31. The van der Waals surface area contributed by atoms with Gasteiger partial charge in [-0.1, -0.05) is 6.58 Å². The second-order valence-corrected chi connectivity index (χ2v) is 4.77. The summed E-state index contributed by atoms with van der Waals surface area (Å²) in [7, 11) is 0. The summed E-state index contributed by atoms with van der Waals surface area (Å²) >= 11 is 0. The molecule has 0 atom stereocenters. The second kappa shape index (κ2) is 4.48. The van der Waals surface area contributed by atoms with Crippen LogP contribution in [-0.2, 0) is 4.79 Å². The molecule has 2 aromatic rings. The number of amides is 3. The lowest BCUT2D eigenvalue weighted by Gasteiger charge is -2.25. The largest absolute Gasteiger partial charge is 0.329 e. The van der Waals surface area contributed by atoms with Crippen molar-refractivity contribution in [3.05, 3.63) is 36.7 Å². The third kappa shape index (κ3) is 1.85. The zero-order valence-electron chi connectivity index (χ0n) is 11.1. The number of carbonyl (C=O) groups excluding carboxylic acids is 2. The fourth-order valence-corrected chi connectivity index (χ4v) is 2.31. The summed E-state index contributed by atoms with van der Waals surface area (Å²) in [6.07, 6.45) is 3.77. The third-order valence-electron chi connectivity index (χ3n) is 3.31. The van der Waals surface area contributed by atoms with Crippen LogP contribution in [0, 0.1) is 0 Å². The average molecular weight is 270 g/mol. The Morgan fingerprint density at radius 1 is 1.45 bits per heavy atom. The quantitative estimate of drug-likeness (QED) is 0.905. The molecule has 0 unspecified atom stereocenters. The number of hydrogen-bond donors (Lipinski definition) is 1. The monoisotopic (exact) mass is 270 g/mol. The molecule has 1 N–H and O–H groups in total. The van der Waals surface area contributed by atoms with Crippen LogP contribution in [-0.4, -0.2) is 27.9 Å². The smallest absolute Gasteiger partial charge is 0.285 e. The van der Waals surface area contributed by atoms with Crippen molar-refractivity contribution in [2.75, 3.05) is 11.4 Å². The highest BCUT2D eigenvalue weighted by Crippen LogP contribution is 2.24. The highest BCUT2D eigenvalue weighted by molar-refractivity contribution is 6.05. The van der Waals surface area contributed by atoms with Crippen molar-refractivity contribution in [1.29, 1.82) is 0 Å². The van der Waals surface area contributed by atoms with Crippen LogP contribution in [0.15, 0.2) is 31.1 Å². The van der Waals surface area contributed by atoms with Gasteiger partial charge in [0, 0.05) is 24.7 Å². The van der Waals surface area contributed by atoms with Gasteiger partial charge in [-0.15, -0.1) is 0 Å².